The molecule has 0 fully saturated rings. The zero-order chi connectivity index (χ0) is 16.7. The maximum atomic E-state index is 12.3. The van der Waals surface area contributed by atoms with E-state index in [1.165, 1.54) is 17.7 Å². The predicted octanol–water partition coefficient (Wildman–Crippen LogP) is 1.82. The molecule has 23 heavy (non-hydrogen) atoms. The van der Waals surface area contributed by atoms with Gasteiger partial charge in [0.2, 0.25) is 0 Å². The molecule has 0 bridgehead atoms. The number of anilines is 1. The summed E-state index contributed by atoms with van der Waals surface area (Å²) in [5, 5.41) is 7.04. The summed E-state index contributed by atoms with van der Waals surface area (Å²) in [7, 11) is 3.29. The van der Waals surface area contributed by atoms with Crippen molar-refractivity contribution in [3.63, 3.8) is 0 Å². The Morgan fingerprint density at radius 3 is 2.74 bits per heavy atom. The van der Waals surface area contributed by atoms with E-state index >= 15 is 0 Å². The molecule has 0 atom stereocenters. The topological polar surface area (TPSA) is 85.4 Å². The summed E-state index contributed by atoms with van der Waals surface area (Å²) in [6.45, 7) is 4.34. The van der Waals surface area contributed by atoms with E-state index in [-0.39, 0.29) is 5.91 Å². The zero-order valence-corrected chi connectivity index (χ0v) is 14.5. The number of aryl methyl sites for hydroxylation is 1. The van der Waals surface area contributed by atoms with Gasteiger partial charge in [0.25, 0.3) is 5.91 Å². The summed E-state index contributed by atoms with van der Waals surface area (Å²) >= 11 is 1.38. The van der Waals surface area contributed by atoms with Crippen LogP contribution < -0.4 is 10.6 Å². The van der Waals surface area contributed by atoms with E-state index in [0.717, 1.165) is 34.6 Å². The zero-order valence-electron chi connectivity index (χ0n) is 13.6. The SMILES string of the molecule is COCCCNc1ncnc2sc(C(=O)NCCOC)c(C)c12. The molecule has 2 rings (SSSR count). The first-order valence-corrected chi connectivity index (χ1v) is 8.24. The molecule has 2 N–H and O–H groups in total. The molecule has 7 nitrogen and oxygen atoms in total. The van der Waals surface area contributed by atoms with Crippen molar-refractivity contribution in [3.05, 3.63) is 16.8 Å². The summed E-state index contributed by atoms with van der Waals surface area (Å²) in [5.74, 6) is 0.656. The summed E-state index contributed by atoms with van der Waals surface area (Å²) in [5.41, 5.74) is 0.898. The normalized spacial score (nSPS) is 10.9. The van der Waals surface area contributed by atoms with Crippen molar-refractivity contribution in [2.75, 3.05) is 45.8 Å². The standard InChI is InChI=1S/C15H22N4O3S/c1-10-11-13(16-5-4-7-21-2)18-9-19-15(11)23-12(10)14(20)17-6-8-22-3/h9H,4-8H2,1-3H3,(H,17,20)(H,16,18,19). The molecule has 126 valence electrons. The molecule has 0 aliphatic heterocycles. The lowest BCUT2D eigenvalue weighted by atomic mass is 10.2. The minimum atomic E-state index is -0.104. The van der Waals surface area contributed by atoms with Gasteiger partial charge in [-0.25, -0.2) is 9.97 Å². The Balaban J connectivity index is 2.18. The van der Waals surface area contributed by atoms with E-state index in [1.807, 2.05) is 6.92 Å². The Morgan fingerprint density at radius 1 is 1.22 bits per heavy atom. The lowest BCUT2D eigenvalue weighted by Crippen LogP contribution is -2.26. The Hall–Kier alpha value is -1.77. The highest BCUT2D eigenvalue weighted by atomic mass is 32.1. The van der Waals surface area contributed by atoms with Gasteiger partial charge in [-0.2, -0.15) is 0 Å². The highest BCUT2D eigenvalue weighted by molar-refractivity contribution is 7.20. The first-order valence-electron chi connectivity index (χ1n) is 7.43. The molecular weight excluding hydrogens is 316 g/mol. The number of fused-ring (bicyclic) bond motifs is 1. The molecule has 0 saturated heterocycles. The number of nitrogens with zero attached hydrogens (tertiary/aromatic N) is 2. The molecule has 2 aromatic rings. The van der Waals surface area contributed by atoms with E-state index in [1.54, 1.807) is 14.2 Å². The first-order chi connectivity index (χ1) is 11.2. The van der Waals surface area contributed by atoms with Gasteiger partial charge < -0.3 is 20.1 Å². The van der Waals surface area contributed by atoms with Crippen molar-refractivity contribution in [1.29, 1.82) is 0 Å². The van der Waals surface area contributed by atoms with Crippen molar-refractivity contribution in [3.8, 4) is 0 Å². The van der Waals surface area contributed by atoms with Crippen LogP contribution in [0.5, 0.6) is 0 Å². The Morgan fingerprint density at radius 2 is 2.00 bits per heavy atom. The Bertz CT molecular complexity index is 659. The fourth-order valence-electron chi connectivity index (χ4n) is 2.19. The van der Waals surface area contributed by atoms with Crippen LogP contribution >= 0.6 is 11.3 Å². The van der Waals surface area contributed by atoms with Gasteiger partial charge in [0.05, 0.1) is 16.9 Å². The van der Waals surface area contributed by atoms with Crippen molar-refractivity contribution in [2.45, 2.75) is 13.3 Å². The van der Waals surface area contributed by atoms with Crippen LogP contribution in [0.25, 0.3) is 10.2 Å². The highest BCUT2D eigenvalue weighted by Crippen LogP contribution is 2.33. The van der Waals surface area contributed by atoms with E-state index in [2.05, 4.69) is 20.6 Å². The van der Waals surface area contributed by atoms with E-state index in [4.69, 9.17) is 9.47 Å². The van der Waals surface area contributed by atoms with Crippen molar-refractivity contribution < 1.29 is 14.3 Å². The molecule has 0 aromatic carbocycles. The molecular formula is C15H22N4O3S. The predicted molar refractivity (Wildman–Crippen MR) is 91.3 cm³/mol. The molecule has 0 unspecified atom stereocenters. The number of methoxy groups -OCH3 is 2. The van der Waals surface area contributed by atoms with Gasteiger partial charge in [0, 0.05) is 33.9 Å². The number of rotatable bonds is 9. The molecule has 8 heteroatoms. The fraction of sp³-hybridized carbons (Fsp3) is 0.533. The Labute approximate surface area is 139 Å². The van der Waals surface area contributed by atoms with Crippen LogP contribution in [0.2, 0.25) is 0 Å². The van der Waals surface area contributed by atoms with Crippen LogP contribution in [0, 0.1) is 6.92 Å². The second-order valence-electron chi connectivity index (χ2n) is 4.98. The maximum Gasteiger partial charge on any atom is 0.261 e. The van der Waals surface area contributed by atoms with Crippen molar-refractivity contribution in [2.24, 2.45) is 0 Å². The lowest BCUT2D eigenvalue weighted by Gasteiger charge is -2.07. The third-order valence-electron chi connectivity index (χ3n) is 3.34. The molecule has 0 spiro atoms. The average molecular weight is 338 g/mol. The van der Waals surface area contributed by atoms with Crippen LogP contribution in [0.3, 0.4) is 0 Å². The summed E-state index contributed by atoms with van der Waals surface area (Å²) in [4.78, 5) is 22.3. The van der Waals surface area contributed by atoms with Crippen LogP contribution in [0.15, 0.2) is 6.33 Å². The van der Waals surface area contributed by atoms with E-state index in [0.29, 0.717) is 24.6 Å². The molecule has 1 amide bonds. The molecule has 2 aromatic heterocycles. The monoisotopic (exact) mass is 338 g/mol. The molecule has 0 saturated carbocycles. The number of aromatic nitrogens is 2. The van der Waals surface area contributed by atoms with Gasteiger partial charge in [0.15, 0.2) is 0 Å². The van der Waals surface area contributed by atoms with Crippen LogP contribution in [0.1, 0.15) is 21.7 Å². The number of carbonyl (C=O) groups is 1. The fourth-order valence-corrected chi connectivity index (χ4v) is 3.26. The number of amides is 1. The second-order valence-corrected chi connectivity index (χ2v) is 5.98. The van der Waals surface area contributed by atoms with Crippen molar-refractivity contribution >= 4 is 33.3 Å². The molecule has 2 heterocycles. The highest BCUT2D eigenvalue weighted by Gasteiger charge is 2.18. The molecule has 0 aliphatic carbocycles. The average Bonchev–Trinajstić information content (AvgIpc) is 2.90. The first kappa shape index (κ1) is 17.6. The van der Waals surface area contributed by atoms with Gasteiger partial charge >= 0.3 is 0 Å². The summed E-state index contributed by atoms with van der Waals surface area (Å²) in [6.07, 6.45) is 2.40. The third-order valence-corrected chi connectivity index (χ3v) is 4.54. The van der Waals surface area contributed by atoms with Crippen molar-refractivity contribution in [1.82, 2.24) is 15.3 Å². The van der Waals surface area contributed by atoms with Gasteiger partial charge in [-0.1, -0.05) is 0 Å². The number of thiophene rings is 1. The second kappa shape index (κ2) is 8.76. The van der Waals surface area contributed by atoms with Gasteiger partial charge in [-0.3, -0.25) is 4.79 Å². The van der Waals surface area contributed by atoms with Crippen LogP contribution in [0.4, 0.5) is 5.82 Å². The van der Waals surface area contributed by atoms with Crippen LogP contribution in [-0.2, 0) is 9.47 Å². The number of carbonyl (C=O) groups excluding carboxylic acids is 1. The largest absolute Gasteiger partial charge is 0.385 e. The smallest absolute Gasteiger partial charge is 0.261 e. The quantitative estimate of drug-likeness (QED) is 0.679. The van der Waals surface area contributed by atoms with Gasteiger partial charge in [-0.05, 0) is 18.9 Å². The maximum absolute atomic E-state index is 12.3. The Kier molecular flexibility index (Phi) is 6.69. The number of hydrogen-bond acceptors (Lipinski definition) is 7. The van der Waals surface area contributed by atoms with Crippen LogP contribution in [-0.4, -0.2) is 56.4 Å². The lowest BCUT2D eigenvalue weighted by molar-refractivity contribution is 0.0940. The number of nitrogens with one attached hydrogen (secondary N) is 2. The van der Waals surface area contributed by atoms with Gasteiger partial charge in [-0.15, -0.1) is 11.3 Å². The summed E-state index contributed by atoms with van der Waals surface area (Å²) < 4.78 is 9.99. The minimum absolute atomic E-state index is 0.104. The van der Waals surface area contributed by atoms with E-state index < -0.39 is 0 Å². The van der Waals surface area contributed by atoms with E-state index in [9.17, 15) is 4.79 Å². The summed E-state index contributed by atoms with van der Waals surface area (Å²) in [6, 6.07) is 0. The number of ether oxygens (including phenoxy) is 2. The number of hydrogen-bond donors (Lipinski definition) is 2. The molecule has 0 aliphatic rings. The van der Waals surface area contributed by atoms with Gasteiger partial charge in [0.1, 0.15) is 17.0 Å². The minimum Gasteiger partial charge on any atom is -0.385 e. The molecule has 0 radical (unpaired) electrons. The third kappa shape index (κ3) is 4.37.